The molecule has 1 aromatic heterocycles. The first-order valence-corrected chi connectivity index (χ1v) is 9.61. The molecule has 108 valence electrons. The summed E-state index contributed by atoms with van der Waals surface area (Å²) in [5, 5.41) is 0.259. The monoisotopic (exact) mass is 282 g/mol. The SMILES string of the molecule is CC(C)(C)[Si](C)(C)OCCCOc1ccc(N)nc1. The fourth-order valence-corrected chi connectivity index (χ4v) is 2.36. The molecule has 1 rings (SSSR count). The maximum atomic E-state index is 6.07. The molecule has 1 heterocycles. The van der Waals surface area contributed by atoms with E-state index in [0.29, 0.717) is 12.4 Å². The van der Waals surface area contributed by atoms with Crippen LogP contribution in [-0.2, 0) is 4.43 Å². The van der Waals surface area contributed by atoms with E-state index in [1.165, 1.54) is 0 Å². The molecule has 0 radical (unpaired) electrons. The number of ether oxygens (including phenoxy) is 1. The largest absolute Gasteiger partial charge is 0.492 e. The van der Waals surface area contributed by atoms with Gasteiger partial charge >= 0.3 is 0 Å². The third-order valence-electron chi connectivity index (χ3n) is 3.59. The van der Waals surface area contributed by atoms with E-state index in [1.807, 2.05) is 6.07 Å². The molecule has 0 fully saturated rings. The highest BCUT2D eigenvalue weighted by Crippen LogP contribution is 2.36. The Kier molecular flexibility index (Phi) is 5.37. The first-order valence-electron chi connectivity index (χ1n) is 6.71. The zero-order valence-electron chi connectivity index (χ0n) is 12.7. The molecule has 0 amide bonds. The van der Waals surface area contributed by atoms with Crippen LogP contribution in [0.1, 0.15) is 27.2 Å². The molecule has 5 heteroatoms. The Hall–Kier alpha value is -1.07. The van der Waals surface area contributed by atoms with E-state index in [2.05, 4.69) is 38.8 Å². The minimum atomic E-state index is -1.63. The van der Waals surface area contributed by atoms with Crippen molar-refractivity contribution in [1.82, 2.24) is 4.98 Å². The summed E-state index contributed by atoms with van der Waals surface area (Å²) in [5.41, 5.74) is 5.51. The molecule has 19 heavy (non-hydrogen) atoms. The van der Waals surface area contributed by atoms with Crippen molar-refractivity contribution in [3.05, 3.63) is 18.3 Å². The van der Waals surface area contributed by atoms with Gasteiger partial charge in [0, 0.05) is 13.0 Å². The molecule has 2 N–H and O–H groups in total. The van der Waals surface area contributed by atoms with Crippen LogP contribution in [0.2, 0.25) is 18.1 Å². The molecule has 0 aliphatic carbocycles. The normalized spacial score (nSPS) is 12.5. The van der Waals surface area contributed by atoms with Gasteiger partial charge in [0.05, 0.1) is 12.8 Å². The molecular formula is C14H26N2O2Si. The van der Waals surface area contributed by atoms with Gasteiger partial charge in [-0.05, 0) is 30.3 Å². The molecule has 0 atom stereocenters. The van der Waals surface area contributed by atoms with E-state index in [0.717, 1.165) is 18.8 Å². The van der Waals surface area contributed by atoms with Crippen molar-refractivity contribution in [3.63, 3.8) is 0 Å². The summed E-state index contributed by atoms with van der Waals surface area (Å²) >= 11 is 0. The molecular weight excluding hydrogens is 256 g/mol. The standard InChI is InChI=1S/C14H26N2O2Si/c1-14(2,3)19(4,5)18-10-6-9-17-12-7-8-13(15)16-11-12/h7-8,11H,6,9-10H2,1-5H3,(H2,15,16). The maximum Gasteiger partial charge on any atom is 0.191 e. The summed E-state index contributed by atoms with van der Waals surface area (Å²) in [7, 11) is -1.63. The van der Waals surface area contributed by atoms with Crippen LogP contribution in [0.25, 0.3) is 0 Å². The predicted octanol–water partition coefficient (Wildman–Crippen LogP) is 3.45. The van der Waals surface area contributed by atoms with E-state index >= 15 is 0 Å². The summed E-state index contributed by atoms with van der Waals surface area (Å²) in [5.74, 6) is 1.26. The van der Waals surface area contributed by atoms with E-state index < -0.39 is 8.32 Å². The smallest absolute Gasteiger partial charge is 0.191 e. The van der Waals surface area contributed by atoms with E-state index in [-0.39, 0.29) is 5.04 Å². The Morgan fingerprint density at radius 3 is 2.42 bits per heavy atom. The van der Waals surface area contributed by atoms with Gasteiger partial charge in [-0.1, -0.05) is 20.8 Å². The highest BCUT2D eigenvalue weighted by atomic mass is 28.4. The average molecular weight is 282 g/mol. The Balaban J connectivity index is 2.23. The summed E-state index contributed by atoms with van der Waals surface area (Å²) < 4.78 is 11.7. The minimum Gasteiger partial charge on any atom is -0.492 e. The lowest BCUT2D eigenvalue weighted by atomic mass is 10.2. The number of anilines is 1. The first-order chi connectivity index (χ1) is 8.72. The Morgan fingerprint density at radius 1 is 1.21 bits per heavy atom. The van der Waals surface area contributed by atoms with Crippen LogP contribution < -0.4 is 10.5 Å². The number of nitrogens with zero attached hydrogens (tertiary/aromatic N) is 1. The van der Waals surface area contributed by atoms with Crippen molar-refractivity contribution < 1.29 is 9.16 Å². The molecule has 4 nitrogen and oxygen atoms in total. The average Bonchev–Trinajstić information content (AvgIpc) is 2.29. The van der Waals surface area contributed by atoms with Gasteiger partial charge < -0.3 is 14.9 Å². The highest BCUT2D eigenvalue weighted by molar-refractivity contribution is 6.74. The van der Waals surface area contributed by atoms with Crippen molar-refractivity contribution >= 4 is 14.1 Å². The topological polar surface area (TPSA) is 57.4 Å². The number of aromatic nitrogens is 1. The van der Waals surface area contributed by atoms with Gasteiger partial charge in [-0.15, -0.1) is 0 Å². The number of nitrogen functional groups attached to an aromatic ring is 1. The number of hydrogen-bond donors (Lipinski definition) is 1. The second-order valence-electron chi connectivity index (χ2n) is 6.23. The zero-order valence-corrected chi connectivity index (χ0v) is 13.7. The van der Waals surface area contributed by atoms with Gasteiger partial charge in [-0.2, -0.15) is 0 Å². The van der Waals surface area contributed by atoms with Crippen LogP contribution in [0, 0.1) is 0 Å². The van der Waals surface area contributed by atoms with Gasteiger partial charge in [0.1, 0.15) is 11.6 Å². The fraction of sp³-hybridized carbons (Fsp3) is 0.643. The Morgan fingerprint density at radius 2 is 1.89 bits per heavy atom. The van der Waals surface area contributed by atoms with E-state index in [1.54, 1.807) is 12.3 Å². The second kappa shape index (κ2) is 6.39. The van der Waals surface area contributed by atoms with Crippen LogP contribution in [0.5, 0.6) is 5.75 Å². The lowest BCUT2D eigenvalue weighted by Gasteiger charge is -2.36. The molecule has 0 saturated carbocycles. The lowest BCUT2D eigenvalue weighted by Crippen LogP contribution is -2.41. The quantitative estimate of drug-likeness (QED) is 0.641. The van der Waals surface area contributed by atoms with Gasteiger partial charge in [-0.3, -0.25) is 0 Å². The number of rotatable bonds is 6. The molecule has 0 saturated heterocycles. The molecule has 0 aliphatic heterocycles. The highest BCUT2D eigenvalue weighted by Gasteiger charge is 2.36. The molecule has 1 aromatic rings. The van der Waals surface area contributed by atoms with Gasteiger partial charge in [-0.25, -0.2) is 4.98 Å². The molecule has 0 unspecified atom stereocenters. The van der Waals surface area contributed by atoms with Gasteiger partial charge in [0.15, 0.2) is 8.32 Å². The number of nitrogens with two attached hydrogens (primary N) is 1. The Labute approximate surface area is 117 Å². The van der Waals surface area contributed by atoms with E-state index in [9.17, 15) is 0 Å². The fourth-order valence-electron chi connectivity index (χ4n) is 1.27. The molecule has 0 spiro atoms. The second-order valence-corrected chi connectivity index (χ2v) is 11.0. The van der Waals surface area contributed by atoms with Crippen molar-refractivity contribution in [2.24, 2.45) is 0 Å². The van der Waals surface area contributed by atoms with Crippen LogP contribution in [-0.4, -0.2) is 26.5 Å². The summed E-state index contributed by atoms with van der Waals surface area (Å²) in [6.45, 7) is 12.6. The minimum absolute atomic E-state index is 0.259. The molecule has 0 bridgehead atoms. The predicted molar refractivity (Wildman–Crippen MR) is 81.9 cm³/mol. The molecule has 0 aliphatic rings. The lowest BCUT2D eigenvalue weighted by molar-refractivity contribution is 0.233. The Bertz CT molecular complexity index is 385. The number of pyridine rings is 1. The van der Waals surface area contributed by atoms with Crippen molar-refractivity contribution in [2.45, 2.75) is 45.3 Å². The third-order valence-corrected chi connectivity index (χ3v) is 8.12. The van der Waals surface area contributed by atoms with E-state index in [4.69, 9.17) is 14.9 Å². The summed E-state index contributed by atoms with van der Waals surface area (Å²) in [6.07, 6.45) is 2.53. The third kappa shape index (κ3) is 5.20. The zero-order chi connectivity index (χ0) is 14.5. The summed E-state index contributed by atoms with van der Waals surface area (Å²) in [4.78, 5) is 3.98. The van der Waals surface area contributed by atoms with Gasteiger partial charge in [0.2, 0.25) is 0 Å². The maximum absolute atomic E-state index is 6.07. The first kappa shape index (κ1) is 16.0. The number of hydrogen-bond acceptors (Lipinski definition) is 4. The van der Waals surface area contributed by atoms with Crippen molar-refractivity contribution in [1.29, 1.82) is 0 Å². The van der Waals surface area contributed by atoms with Crippen LogP contribution in [0.15, 0.2) is 18.3 Å². The molecule has 0 aromatic carbocycles. The summed E-state index contributed by atoms with van der Waals surface area (Å²) in [6, 6.07) is 3.57. The van der Waals surface area contributed by atoms with Gasteiger partial charge in [0.25, 0.3) is 0 Å². The van der Waals surface area contributed by atoms with Crippen molar-refractivity contribution in [3.8, 4) is 5.75 Å². The van der Waals surface area contributed by atoms with Crippen LogP contribution in [0.4, 0.5) is 5.82 Å². The van der Waals surface area contributed by atoms with Crippen LogP contribution in [0.3, 0.4) is 0 Å². The van der Waals surface area contributed by atoms with Crippen LogP contribution >= 0.6 is 0 Å². The van der Waals surface area contributed by atoms with Crippen molar-refractivity contribution in [2.75, 3.05) is 18.9 Å².